The van der Waals surface area contributed by atoms with Crippen LogP contribution in [0.5, 0.6) is 0 Å². The second kappa shape index (κ2) is 7.90. The molecule has 9 heteroatoms. The molecule has 1 aromatic carbocycles. The van der Waals surface area contributed by atoms with E-state index in [0.29, 0.717) is 31.9 Å². The molecular weight excluding hydrogens is 401 g/mol. The maximum absolute atomic E-state index is 12.9. The van der Waals surface area contributed by atoms with Gasteiger partial charge < -0.3 is 14.4 Å². The number of anilines is 1. The Labute approximate surface area is 170 Å². The van der Waals surface area contributed by atoms with Crippen LogP contribution >= 0.6 is 11.3 Å². The van der Waals surface area contributed by atoms with Crippen molar-refractivity contribution in [3.05, 3.63) is 65.4 Å². The normalized spacial score (nSPS) is 15.0. The third kappa shape index (κ3) is 4.45. The number of alkyl halides is 3. The van der Waals surface area contributed by atoms with Crippen LogP contribution in [0.4, 0.5) is 18.9 Å². The predicted octanol–water partition coefficient (Wildman–Crippen LogP) is 3.84. The van der Waals surface area contributed by atoms with Gasteiger partial charge in [-0.05, 0) is 30.3 Å². The molecule has 3 aromatic rings. The lowest BCUT2D eigenvalue weighted by atomic mass is 10.1. The summed E-state index contributed by atoms with van der Waals surface area (Å²) < 4.78 is 40.7. The zero-order valence-corrected chi connectivity index (χ0v) is 16.3. The number of carbonyl (C=O) groups excluding carboxylic acids is 1. The first-order valence-electron chi connectivity index (χ1n) is 9.18. The molecule has 0 atom stereocenters. The van der Waals surface area contributed by atoms with E-state index in [1.54, 1.807) is 11.0 Å². The zero-order chi connectivity index (χ0) is 20.4. The second-order valence-electron chi connectivity index (χ2n) is 6.80. The van der Waals surface area contributed by atoms with E-state index >= 15 is 0 Å². The number of piperazine rings is 1. The molecule has 1 aliphatic rings. The average Bonchev–Trinajstić information content (AvgIpc) is 3.39. The summed E-state index contributed by atoms with van der Waals surface area (Å²) >= 11 is 1.48. The SMILES string of the molecule is O=C(Cc1csc(-n2cccc2)n1)N1CCN(c2cccc(C(F)(F)F)c2)CC1. The molecule has 152 valence electrons. The van der Waals surface area contributed by atoms with Crippen molar-refractivity contribution in [2.75, 3.05) is 31.1 Å². The summed E-state index contributed by atoms with van der Waals surface area (Å²) in [6, 6.07) is 9.14. The van der Waals surface area contributed by atoms with Gasteiger partial charge in [0, 0.05) is 49.6 Å². The van der Waals surface area contributed by atoms with Gasteiger partial charge in [-0.25, -0.2) is 4.98 Å². The maximum Gasteiger partial charge on any atom is 0.416 e. The highest BCUT2D eigenvalue weighted by atomic mass is 32.1. The van der Waals surface area contributed by atoms with Gasteiger partial charge in [-0.3, -0.25) is 4.79 Å². The van der Waals surface area contributed by atoms with Crippen LogP contribution < -0.4 is 4.90 Å². The summed E-state index contributed by atoms with van der Waals surface area (Å²) in [5, 5.41) is 2.69. The smallest absolute Gasteiger partial charge is 0.368 e. The summed E-state index contributed by atoms with van der Waals surface area (Å²) in [5.74, 6) is -0.0157. The molecule has 0 N–H and O–H groups in total. The second-order valence-corrected chi connectivity index (χ2v) is 7.64. The predicted molar refractivity (Wildman–Crippen MR) is 105 cm³/mol. The van der Waals surface area contributed by atoms with Gasteiger partial charge in [-0.15, -0.1) is 11.3 Å². The first-order valence-corrected chi connectivity index (χ1v) is 10.1. The molecule has 0 spiro atoms. The third-order valence-electron chi connectivity index (χ3n) is 4.87. The molecule has 0 unspecified atom stereocenters. The minimum atomic E-state index is -4.36. The number of thiazole rings is 1. The van der Waals surface area contributed by atoms with Crippen molar-refractivity contribution in [3.8, 4) is 5.13 Å². The molecule has 1 fully saturated rings. The highest BCUT2D eigenvalue weighted by Gasteiger charge is 2.31. The third-order valence-corrected chi connectivity index (χ3v) is 5.77. The van der Waals surface area contributed by atoms with Gasteiger partial charge in [-0.2, -0.15) is 13.2 Å². The van der Waals surface area contributed by atoms with Gasteiger partial charge in [0.2, 0.25) is 5.91 Å². The lowest BCUT2D eigenvalue weighted by Crippen LogP contribution is -2.49. The van der Waals surface area contributed by atoms with E-state index in [9.17, 15) is 18.0 Å². The van der Waals surface area contributed by atoms with Crippen LogP contribution in [0.1, 0.15) is 11.3 Å². The van der Waals surface area contributed by atoms with Crippen LogP contribution in [0, 0.1) is 0 Å². The van der Waals surface area contributed by atoms with E-state index in [1.165, 1.54) is 17.4 Å². The quantitative estimate of drug-likeness (QED) is 0.644. The van der Waals surface area contributed by atoms with Crippen LogP contribution in [0.3, 0.4) is 0 Å². The van der Waals surface area contributed by atoms with Gasteiger partial charge in [0.05, 0.1) is 17.7 Å². The van der Waals surface area contributed by atoms with Crippen molar-refractivity contribution in [2.45, 2.75) is 12.6 Å². The van der Waals surface area contributed by atoms with Crippen LogP contribution in [0.2, 0.25) is 0 Å². The number of aromatic nitrogens is 2. The average molecular weight is 420 g/mol. The summed E-state index contributed by atoms with van der Waals surface area (Å²) in [6.07, 6.45) is -0.336. The Morgan fingerprint density at radius 3 is 2.48 bits per heavy atom. The summed E-state index contributed by atoms with van der Waals surface area (Å²) in [6.45, 7) is 1.95. The van der Waals surface area contributed by atoms with Crippen LogP contribution in [0.25, 0.3) is 5.13 Å². The minimum absolute atomic E-state index is 0.0157. The highest BCUT2D eigenvalue weighted by Crippen LogP contribution is 2.31. The summed E-state index contributed by atoms with van der Waals surface area (Å²) in [5.41, 5.74) is 0.599. The molecule has 5 nitrogen and oxygen atoms in total. The van der Waals surface area contributed by atoms with Gasteiger partial charge in [0.1, 0.15) is 0 Å². The molecule has 1 amide bonds. The van der Waals surface area contributed by atoms with Crippen LogP contribution in [-0.2, 0) is 17.4 Å². The maximum atomic E-state index is 12.9. The van der Waals surface area contributed by atoms with E-state index in [2.05, 4.69) is 4.98 Å². The molecule has 0 bridgehead atoms. The fourth-order valence-electron chi connectivity index (χ4n) is 3.32. The molecule has 1 aliphatic heterocycles. The van der Waals surface area contributed by atoms with Crippen LogP contribution in [-0.4, -0.2) is 46.5 Å². The number of benzene rings is 1. The molecule has 1 saturated heterocycles. The van der Waals surface area contributed by atoms with Gasteiger partial charge >= 0.3 is 6.18 Å². The van der Waals surface area contributed by atoms with Crippen molar-refractivity contribution >= 4 is 22.9 Å². The number of amides is 1. The topological polar surface area (TPSA) is 41.4 Å². The summed E-state index contributed by atoms with van der Waals surface area (Å²) in [7, 11) is 0. The van der Waals surface area contributed by atoms with Crippen molar-refractivity contribution in [1.29, 1.82) is 0 Å². The lowest BCUT2D eigenvalue weighted by Gasteiger charge is -2.36. The van der Waals surface area contributed by atoms with Gasteiger partial charge in [0.25, 0.3) is 0 Å². The Balaban J connectivity index is 1.34. The van der Waals surface area contributed by atoms with E-state index in [-0.39, 0.29) is 12.3 Å². The highest BCUT2D eigenvalue weighted by molar-refractivity contribution is 7.12. The number of hydrogen-bond donors (Lipinski definition) is 0. The number of nitrogens with zero attached hydrogens (tertiary/aromatic N) is 4. The fourth-order valence-corrected chi connectivity index (χ4v) is 4.11. The number of halogens is 3. The number of rotatable bonds is 4. The zero-order valence-electron chi connectivity index (χ0n) is 15.5. The molecular formula is C20H19F3N4OS. The molecule has 2 aromatic heterocycles. The Morgan fingerprint density at radius 2 is 1.79 bits per heavy atom. The molecule has 0 radical (unpaired) electrons. The Hall–Kier alpha value is -2.81. The summed E-state index contributed by atoms with van der Waals surface area (Å²) in [4.78, 5) is 20.7. The molecule has 0 aliphatic carbocycles. The van der Waals surface area contributed by atoms with Crippen molar-refractivity contribution < 1.29 is 18.0 Å². The first kappa shape index (κ1) is 19.5. The molecule has 3 heterocycles. The Kier molecular flexibility index (Phi) is 5.31. The standard InChI is InChI=1S/C20H19F3N4OS/c21-20(22,23)15-4-3-5-17(12-15)25-8-10-26(11-9-25)18(28)13-16-14-29-19(24-16)27-6-1-2-7-27/h1-7,12,14H,8-11,13H2. The fraction of sp³-hybridized carbons (Fsp3) is 0.300. The molecule has 29 heavy (non-hydrogen) atoms. The minimum Gasteiger partial charge on any atom is -0.368 e. The van der Waals surface area contributed by atoms with Crippen molar-refractivity contribution in [3.63, 3.8) is 0 Å². The van der Waals surface area contributed by atoms with Gasteiger partial charge in [-0.1, -0.05) is 6.07 Å². The van der Waals surface area contributed by atoms with Crippen molar-refractivity contribution in [2.24, 2.45) is 0 Å². The largest absolute Gasteiger partial charge is 0.416 e. The van der Waals surface area contributed by atoms with E-state index in [4.69, 9.17) is 0 Å². The Bertz CT molecular complexity index is 976. The monoisotopic (exact) mass is 420 g/mol. The van der Waals surface area contributed by atoms with Crippen molar-refractivity contribution in [1.82, 2.24) is 14.5 Å². The first-order chi connectivity index (χ1) is 13.9. The van der Waals surface area contributed by atoms with E-state index < -0.39 is 11.7 Å². The van der Waals surface area contributed by atoms with E-state index in [1.807, 2.05) is 39.4 Å². The van der Waals surface area contributed by atoms with Gasteiger partial charge in [0.15, 0.2) is 5.13 Å². The Morgan fingerprint density at radius 1 is 1.07 bits per heavy atom. The number of hydrogen-bond acceptors (Lipinski definition) is 4. The molecule has 4 rings (SSSR count). The van der Waals surface area contributed by atoms with E-state index in [0.717, 1.165) is 23.0 Å². The lowest BCUT2D eigenvalue weighted by molar-refractivity contribution is -0.137. The molecule has 0 saturated carbocycles. The number of carbonyl (C=O) groups is 1. The van der Waals surface area contributed by atoms with Crippen LogP contribution in [0.15, 0.2) is 54.2 Å².